The molecule has 1 amide bonds. The Morgan fingerprint density at radius 3 is 2.42 bits per heavy atom. The summed E-state index contributed by atoms with van der Waals surface area (Å²) in [4.78, 5) is 17.6. The molecule has 0 saturated carbocycles. The molecule has 3 aromatic rings. The second kappa shape index (κ2) is 8.06. The van der Waals surface area contributed by atoms with Crippen LogP contribution in [0.5, 0.6) is 0 Å². The summed E-state index contributed by atoms with van der Waals surface area (Å²) in [5, 5.41) is 13.9. The van der Waals surface area contributed by atoms with Crippen molar-refractivity contribution in [1.29, 1.82) is 0 Å². The third kappa shape index (κ3) is 4.76. The Kier molecular flexibility index (Phi) is 5.38. The normalized spacial score (nSPS) is 10.2. The lowest BCUT2D eigenvalue weighted by atomic mass is 10.2. The fourth-order valence-electron chi connectivity index (χ4n) is 2.44. The third-order valence-electron chi connectivity index (χ3n) is 3.66. The van der Waals surface area contributed by atoms with Gasteiger partial charge in [-0.3, -0.25) is 4.79 Å². The number of nitrogens with zero attached hydrogens (tertiary/aromatic N) is 4. The molecule has 3 rings (SSSR count). The predicted octanol–water partition coefficient (Wildman–Crippen LogP) is 3.21. The van der Waals surface area contributed by atoms with Crippen LogP contribution in [0, 0.1) is 0 Å². The molecule has 0 unspecified atom stereocenters. The van der Waals surface area contributed by atoms with Crippen molar-refractivity contribution in [3.05, 3.63) is 66.4 Å². The van der Waals surface area contributed by atoms with Crippen molar-refractivity contribution in [1.82, 2.24) is 15.2 Å². The van der Waals surface area contributed by atoms with E-state index in [1.807, 2.05) is 54.4 Å². The van der Waals surface area contributed by atoms with Gasteiger partial charge in [-0.15, -0.1) is 5.10 Å². The minimum absolute atomic E-state index is 0.104. The van der Waals surface area contributed by atoms with E-state index in [-0.39, 0.29) is 5.91 Å². The zero-order valence-corrected chi connectivity index (χ0v) is 14.7. The Morgan fingerprint density at radius 1 is 1.04 bits per heavy atom. The Morgan fingerprint density at radius 2 is 1.73 bits per heavy atom. The molecule has 0 aliphatic carbocycles. The average molecular weight is 348 g/mol. The van der Waals surface area contributed by atoms with E-state index >= 15 is 0 Å². The summed E-state index contributed by atoms with van der Waals surface area (Å²) in [6.07, 6.45) is 1.63. The van der Waals surface area contributed by atoms with Gasteiger partial charge in [-0.05, 0) is 29.8 Å². The summed E-state index contributed by atoms with van der Waals surface area (Å²) < 4.78 is 0. The molecule has 0 aliphatic rings. The SMILES string of the molecule is CC(=O)Nc1ccc(Nc2nncc(N(C)Cc3ccccc3)n2)cc1. The molecule has 7 heteroatoms. The number of benzene rings is 2. The van der Waals surface area contributed by atoms with Gasteiger partial charge in [0.15, 0.2) is 5.82 Å². The molecule has 0 radical (unpaired) electrons. The molecule has 0 bridgehead atoms. The number of anilines is 4. The fraction of sp³-hybridized carbons (Fsp3) is 0.158. The summed E-state index contributed by atoms with van der Waals surface area (Å²) in [5.74, 6) is 1.03. The van der Waals surface area contributed by atoms with Crippen molar-refractivity contribution >= 4 is 29.0 Å². The second-order valence-corrected chi connectivity index (χ2v) is 5.86. The molecule has 2 aromatic carbocycles. The predicted molar refractivity (Wildman–Crippen MR) is 102 cm³/mol. The van der Waals surface area contributed by atoms with Crippen LogP contribution in [-0.2, 0) is 11.3 Å². The van der Waals surface area contributed by atoms with Crippen molar-refractivity contribution in [2.75, 3.05) is 22.6 Å². The van der Waals surface area contributed by atoms with Crippen LogP contribution < -0.4 is 15.5 Å². The van der Waals surface area contributed by atoms with Crippen LogP contribution in [0.25, 0.3) is 0 Å². The van der Waals surface area contributed by atoms with Crippen molar-refractivity contribution in [3.8, 4) is 0 Å². The molecule has 132 valence electrons. The lowest BCUT2D eigenvalue weighted by Crippen LogP contribution is -2.18. The fourth-order valence-corrected chi connectivity index (χ4v) is 2.44. The summed E-state index contributed by atoms with van der Waals surface area (Å²) in [5.41, 5.74) is 2.74. The van der Waals surface area contributed by atoms with Gasteiger partial charge >= 0.3 is 0 Å². The average Bonchev–Trinajstić information content (AvgIpc) is 2.64. The topological polar surface area (TPSA) is 83.0 Å². The number of carbonyl (C=O) groups is 1. The van der Waals surface area contributed by atoms with Gasteiger partial charge in [0, 0.05) is 31.9 Å². The molecule has 0 atom stereocenters. The molecular formula is C19H20N6O. The Bertz CT molecular complexity index is 867. The molecular weight excluding hydrogens is 328 g/mol. The smallest absolute Gasteiger partial charge is 0.249 e. The first-order valence-corrected chi connectivity index (χ1v) is 8.19. The highest BCUT2D eigenvalue weighted by molar-refractivity contribution is 5.88. The first-order valence-electron chi connectivity index (χ1n) is 8.19. The van der Waals surface area contributed by atoms with Crippen LogP contribution in [0.1, 0.15) is 12.5 Å². The van der Waals surface area contributed by atoms with Crippen LogP contribution >= 0.6 is 0 Å². The number of amides is 1. The largest absolute Gasteiger partial charge is 0.354 e. The van der Waals surface area contributed by atoms with Gasteiger partial charge in [0.2, 0.25) is 11.9 Å². The van der Waals surface area contributed by atoms with Crippen LogP contribution in [-0.4, -0.2) is 28.1 Å². The minimum Gasteiger partial charge on any atom is -0.354 e. The van der Waals surface area contributed by atoms with Crippen LogP contribution in [0.3, 0.4) is 0 Å². The quantitative estimate of drug-likeness (QED) is 0.712. The summed E-state index contributed by atoms with van der Waals surface area (Å²) in [6, 6.07) is 17.5. The first kappa shape index (κ1) is 17.3. The summed E-state index contributed by atoms with van der Waals surface area (Å²) in [6.45, 7) is 2.20. The van der Waals surface area contributed by atoms with Gasteiger partial charge in [-0.2, -0.15) is 10.1 Å². The van der Waals surface area contributed by atoms with Gasteiger partial charge in [-0.1, -0.05) is 30.3 Å². The zero-order valence-electron chi connectivity index (χ0n) is 14.7. The highest BCUT2D eigenvalue weighted by Gasteiger charge is 2.07. The lowest BCUT2D eigenvalue weighted by molar-refractivity contribution is -0.114. The maximum absolute atomic E-state index is 11.1. The van der Waals surface area contributed by atoms with Crippen molar-refractivity contribution in [3.63, 3.8) is 0 Å². The van der Waals surface area contributed by atoms with Crippen LogP contribution in [0.15, 0.2) is 60.8 Å². The summed E-state index contributed by atoms with van der Waals surface area (Å²) >= 11 is 0. The zero-order chi connectivity index (χ0) is 18.4. The number of aromatic nitrogens is 3. The molecule has 0 fully saturated rings. The van der Waals surface area contributed by atoms with E-state index in [2.05, 4.69) is 37.9 Å². The lowest BCUT2D eigenvalue weighted by Gasteiger charge is -2.18. The third-order valence-corrected chi connectivity index (χ3v) is 3.66. The maximum atomic E-state index is 11.1. The molecule has 0 aliphatic heterocycles. The standard InChI is InChI=1S/C19H20N6O/c1-14(26)21-16-8-10-17(11-9-16)22-19-23-18(12-20-24-19)25(2)13-15-6-4-3-5-7-15/h3-12H,13H2,1-2H3,(H,21,26)(H,22,23,24). The van der Waals surface area contributed by atoms with E-state index in [1.165, 1.54) is 12.5 Å². The number of carbonyl (C=O) groups excluding carboxylic acids is 1. The van der Waals surface area contributed by atoms with E-state index in [0.717, 1.165) is 23.7 Å². The molecule has 26 heavy (non-hydrogen) atoms. The highest BCUT2D eigenvalue weighted by Crippen LogP contribution is 2.18. The summed E-state index contributed by atoms with van der Waals surface area (Å²) in [7, 11) is 1.96. The molecule has 2 N–H and O–H groups in total. The molecule has 7 nitrogen and oxygen atoms in total. The number of hydrogen-bond donors (Lipinski definition) is 2. The maximum Gasteiger partial charge on any atom is 0.249 e. The van der Waals surface area contributed by atoms with E-state index in [1.54, 1.807) is 6.20 Å². The molecule has 0 saturated heterocycles. The minimum atomic E-state index is -0.104. The van der Waals surface area contributed by atoms with Gasteiger partial charge in [0.1, 0.15) is 0 Å². The molecule has 0 spiro atoms. The number of nitrogens with one attached hydrogen (secondary N) is 2. The first-order chi connectivity index (χ1) is 12.6. The van der Waals surface area contributed by atoms with Gasteiger partial charge < -0.3 is 15.5 Å². The number of rotatable bonds is 6. The van der Waals surface area contributed by atoms with Gasteiger partial charge in [0.25, 0.3) is 0 Å². The van der Waals surface area contributed by atoms with Crippen molar-refractivity contribution < 1.29 is 4.79 Å². The van der Waals surface area contributed by atoms with E-state index < -0.39 is 0 Å². The Balaban J connectivity index is 1.68. The molecule has 1 heterocycles. The second-order valence-electron chi connectivity index (χ2n) is 5.86. The highest BCUT2D eigenvalue weighted by atomic mass is 16.1. The molecule has 1 aromatic heterocycles. The monoisotopic (exact) mass is 348 g/mol. The van der Waals surface area contributed by atoms with E-state index in [9.17, 15) is 4.79 Å². The van der Waals surface area contributed by atoms with Crippen LogP contribution in [0.2, 0.25) is 0 Å². The Labute approximate surface area is 152 Å². The van der Waals surface area contributed by atoms with E-state index in [4.69, 9.17) is 0 Å². The van der Waals surface area contributed by atoms with E-state index in [0.29, 0.717) is 5.95 Å². The van der Waals surface area contributed by atoms with Gasteiger partial charge in [-0.25, -0.2) is 0 Å². The van der Waals surface area contributed by atoms with Gasteiger partial charge in [0.05, 0.1) is 6.20 Å². The number of hydrogen-bond acceptors (Lipinski definition) is 6. The van der Waals surface area contributed by atoms with Crippen molar-refractivity contribution in [2.45, 2.75) is 13.5 Å². The Hall–Kier alpha value is -3.48. The van der Waals surface area contributed by atoms with Crippen LogP contribution in [0.4, 0.5) is 23.1 Å². The van der Waals surface area contributed by atoms with Crippen molar-refractivity contribution in [2.24, 2.45) is 0 Å².